The van der Waals surface area contributed by atoms with Gasteiger partial charge in [-0.15, -0.1) is 0 Å². The highest BCUT2D eigenvalue weighted by Gasteiger charge is 2.27. The number of pyridine rings is 1. The smallest absolute Gasteiger partial charge is 0.267 e. The molecule has 3 N–H and O–H groups in total. The van der Waals surface area contributed by atoms with E-state index in [9.17, 15) is 17.6 Å². The zero-order chi connectivity index (χ0) is 23.4. The zero-order valence-corrected chi connectivity index (χ0v) is 17.8. The fourth-order valence-electron chi connectivity index (χ4n) is 3.37. The Bertz CT molecular complexity index is 1540. The van der Waals surface area contributed by atoms with E-state index in [4.69, 9.17) is 10.3 Å². The number of aromatic nitrogens is 4. The minimum absolute atomic E-state index is 0.000384. The van der Waals surface area contributed by atoms with E-state index >= 15 is 4.39 Å². The average molecular weight is 462 g/mol. The van der Waals surface area contributed by atoms with Gasteiger partial charge in [0.2, 0.25) is 5.95 Å². The lowest BCUT2D eigenvalue weighted by atomic mass is 10.0. The summed E-state index contributed by atoms with van der Waals surface area (Å²) in [4.78, 5) is 20.4. The molecular formula is C19H16F2N6O4S. The van der Waals surface area contributed by atoms with Crippen LogP contribution in [-0.2, 0) is 17.1 Å². The monoisotopic (exact) mass is 462 g/mol. The number of benzene rings is 1. The second-order valence-corrected chi connectivity index (χ2v) is 8.59. The van der Waals surface area contributed by atoms with E-state index in [1.807, 2.05) is 0 Å². The fourth-order valence-corrected chi connectivity index (χ4v) is 4.76. The van der Waals surface area contributed by atoms with Crippen molar-refractivity contribution in [3.63, 3.8) is 0 Å². The van der Waals surface area contributed by atoms with E-state index in [2.05, 4.69) is 19.8 Å². The molecule has 0 unspecified atom stereocenters. The van der Waals surface area contributed by atoms with Crippen LogP contribution in [0.25, 0.3) is 22.2 Å². The number of nitrogen functional groups attached to an aromatic ring is 1. The molecule has 3 aromatic heterocycles. The number of nitrogens with one attached hydrogen (secondary N) is 1. The number of halogens is 2. The summed E-state index contributed by atoms with van der Waals surface area (Å²) >= 11 is 0. The molecule has 0 radical (unpaired) electrons. The molecule has 0 fully saturated rings. The van der Waals surface area contributed by atoms with Gasteiger partial charge in [0.25, 0.3) is 15.6 Å². The molecule has 1 aromatic carbocycles. The molecule has 0 spiro atoms. The summed E-state index contributed by atoms with van der Waals surface area (Å²) in [6.45, 7) is 2.79. The van der Waals surface area contributed by atoms with Crippen LogP contribution in [0.5, 0.6) is 0 Å². The van der Waals surface area contributed by atoms with Gasteiger partial charge in [-0.2, -0.15) is 4.98 Å². The number of aryl methyl sites for hydroxylation is 3. The third-order valence-corrected chi connectivity index (χ3v) is 6.42. The number of fused-ring (bicyclic) bond motifs is 1. The Morgan fingerprint density at radius 2 is 1.94 bits per heavy atom. The molecule has 10 nitrogen and oxygen atoms in total. The maximum Gasteiger partial charge on any atom is 0.267 e. The molecule has 0 bridgehead atoms. The van der Waals surface area contributed by atoms with Gasteiger partial charge < -0.3 is 10.3 Å². The Kier molecular flexibility index (Phi) is 4.92. The van der Waals surface area contributed by atoms with Gasteiger partial charge in [-0.3, -0.25) is 14.1 Å². The van der Waals surface area contributed by atoms with Gasteiger partial charge in [0.05, 0.1) is 16.8 Å². The van der Waals surface area contributed by atoms with Gasteiger partial charge in [0, 0.05) is 18.6 Å². The van der Waals surface area contributed by atoms with E-state index in [1.165, 1.54) is 33.2 Å². The van der Waals surface area contributed by atoms with Gasteiger partial charge in [-0.1, -0.05) is 5.16 Å². The van der Waals surface area contributed by atoms with Gasteiger partial charge >= 0.3 is 0 Å². The van der Waals surface area contributed by atoms with Crippen molar-refractivity contribution in [2.24, 2.45) is 7.05 Å². The molecule has 3 heterocycles. The SMILES string of the molecule is Cc1noc(C)c1S(=O)(=O)Nc1ccc(F)c(-c2cc3cnc(N)nc3n(C)c2=O)c1F. The number of nitrogens with two attached hydrogens (primary N) is 1. The highest BCUT2D eigenvalue weighted by molar-refractivity contribution is 7.92. The van der Waals surface area contributed by atoms with Gasteiger partial charge in [-0.05, 0) is 32.0 Å². The predicted molar refractivity (Wildman–Crippen MR) is 111 cm³/mol. The number of rotatable bonds is 4. The molecule has 32 heavy (non-hydrogen) atoms. The quantitative estimate of drug-likeness (QED) is 0.470. The minimum atomic E-state index is -4.31. The summed E-state index contributed by atoms with van der Waals surface area (Å²) in [5.41, 5.74) is 3.41. The van der Waals surface area contributed by atoms with E-state index in [0.717, 1.165) is 16.7 Å². The second-order valence-electron chi connectivity index (χ2n) is 6.97. The predicted octanol–water partition coefficient (Wildman–Crippen LogP) is 2.26. The number of nitrogens with zero attached hydrogens (tertiary/aromatic N) is 4. The van der Waals surface area contributed by atoms with E-state index in [0.29, 0.717) is 5.39 Å². The summed E-state index contributed by atoms with van der Waals surface area (Å²) in [6, 6.07) is 2.98. The van der Waals surface area contributed by atoms with E-state index in [1.54, 1.807) is 0 Å². The van der Waals surface area contributed by atoms with Crippen LogP contribution in [0.15, 0.2) is 38.6 Å². The molecule has 0 saturated heterocycles. The molecule has 4 aromatic rings. The molecule has 13 heteroatoms. The average Bonchev–Trinajstić information content (AvgIpc) is 3.07. The molecule has 166 valence electrons. The second kappa shape index (κ2) is 7.37. The van der Waals surface area contributed by atoms with Crippen molar-refractivity contribution in [2.45, 2.75) is 18.7 Å². The summed E-state index contributed by atoms with van der Waals surface area (Å²) in [5.74, 6) is -2.41. The zero-order valence-electron chi connectivity index (χ0n) is 17.0. The van der Waals surface area contributed by atoms with Crippen LogP contribution in [0.2, 0.25) is 0 Å². The van der Waals surface area contributed by atoms with Crippen LogP contribution in [0.1, 0.15) is 11.5 Å². The lowest BCUT2D eigenvalue weighted by Crippen LogP contribution is -2.21. The van der Waals surface area contributed by atoms with Crippen molar-refractivity contribution >= 4 is 32.7 Å². The lowest BCUT2D eigenvalue weighted by Gasteiger charge is -2.13. The van der Waals surface area contributed by atoms with Crippen molar-refractivity contribution in [1.29, 1.82) is 0 Å². The molecule has 0 amide bonds. The van der Waals surface area contributed by atoms with Crippen molar-refractivity contribution in [3.8, 4) is 11.1 Å². The molecule has 0 aliphatic heterocycles. The van der Waals surface area contributed by atoms with E-state index in [-0.39, 0.29) is 33.5 Å². The molecule has 0 aliphatic carbocycles. The number of sulfonamides is 1. The molecule has 0 atom stereocenters. The first kappa shape index (κ1) is 21.4. The minimum Gasteiger partial charge on any atom is -0.368 e. The highest BCUT2D eigenvalue weighted by Crippen LogP contribution is 2.32. The highest BCUT2D eigenvalue weighted by atomic mass is 32.2. The van der Waals surface area contributed by atoms with Crippen molar-refractivity contribution in [1.82, 2.24) is 19.7 Å². The first-order valence-electron chi connectivity index (χ1n) is 9.07. The van der Waals surface area contributed by atoms with E-state index < -0.39 is 38.5 Å². The van der Waals surface area contributed by atoms with Gasteiger partial charge in [-0.25, -0.2) is 22.2 Å². The normalized spacial score (nSPS) is 11.8. The molecule has 0 saturated carbocycles. The van der Waals surface area contributed by atoms with Crippen LogP contribution >= 0.6 is 0 Å². The Balaban J connectivity index is 1.90. The van der Waals surface area contributed by atoms with Gasteiger partial charge in [0.15, 0.2) is 16.5 Å². The van der Waals surface area contributed by atoms with Crippen LogP contribution < -0.4 is 16.0 Å². The largest absolute Gasteiger partial charge is 0.368 e. The number of anilines is 2. The standard InChI is InChI=1S/C19H16F2N6O4S/c1-8-16(9(2)31-25-8)32(29,30)26-13-5-4-12(20)14(15(13)21)11-6-10-7-23-19(22)24-17(10)27(3)18(11)28/h4-7,26H,1-3H3,(H2,22,23,24). The fraction of sp³-hybridized carbons (Fsp3) is 0.158. The third kappa shape index (κ3) is 3.36. The topological polar surface area (TPSA) is 146 Å². The first-order chi connectivity index (χ1) is 15.0. The van der Waals surface area contributed by atoms with Crippen LogP contribution in [0.3, 0.4) is 0 Å². The lowest BCUT2D eigenvalue weighted by molar-refractivity contribution is 0.390. The Morgan fingerprint density at radius 1 is 1.22 bits per heavy atom. The third-order valence-electron chi connectivity index (χ3n) is 4.81. The summed E-state index contributed by atoms with van der Waals surface area (Å²) < 4.78 is 63.5. The summed E-state index contributed by atoms with van der Waals surface area (Å²) in [5, 5.41) is 3.87. The van der Waals surface area contributed by atoms with Gasteiger partial charge in [0.1, 0.15) is 17.2 Å². The summed E-state index contributed by atoms with van der Waals surface area (Å²) in [7, 11) is -2.95. The molecule has 0 aliphatic rings. The Hall–Kier alpha value is -3.87. The molecular weight excluding hydrogens is 446 g/mol. The first-order valence-corrected chi connectivity index (χ1v) is 10.6. The van der Waals surface area contributed by atoms with Crippen molar-refractivity contribution in [3.05, 3.63) is 57.8 Å². The number of hydrogen-bond donors (Lipinski definition) is 2. The maximum absolute atomic E-state index is 15.4. The Morgan fingerprint density at radius 3 is 2.59 bits per heavy atom. The Labute approximate surface area is 179 Å². The molecule has 4 rings (SSSR count). The van der Waals surface area contributed by atoms with Crippen LogP contribution in [-0.4, -0.2) is 28.1 Å². The van der Waals surface area contributed by atoms with Crippen LogP contribution in [0.4, 0.5) is 20.4 Å². The van der Waals surface area contributed by atoms with Crippen LogP contribution in [0, 0.1) is 25.5 Å². The van der Waals surface area contributed by atoms with Crippen molar-refractivity contribution in [2.75, 3.05) is 10.5 Å². The maximum atomic E-state index is 15.4. The number of hydrogen-bond acceptors (Lipinski definition) is 8. The van der Waals surface area contributed by atoms with Crippen molar-refractivity contribution < 1.29 is 21.7 Å². The summed E-state index contributed by atoms with van der Waals surface area (Å²) in [6.07, 6.45) is 1.31.